The number of amides is 1. The third-order valence-corrected chi connectivity index (χ3v) is 5.40. The Morgan fingerprint density at radius 1 is 1.25 bits per heavy atom. The molecule has 1 amide bonds. The molecule has 8 nitrogen and oxygen atoms in total. The van der Waals surface area contributed by atoms with E-state index in [9.17, 15) is 14.4 Å². The number of hydrogen-bond donors (Lipinski definition) is 1. The van der Waals surface area contributed by atoms with Gasteiger partial charge in [-0.15, -0.1) is 0 Å². The van der Waals surface area contributed by atoms with E-state index in [4.69, 9.17) is 21.6 Å². The van der Waals surface area contributed by atoms with Crippen molar-refractivity contribution in [2.24, 2.45) is 0 Å². The molecule has 0 unspecified atom stereocenters. The second-order valence-electron chi connectivity index (χ2n) is 7.47. The molecule has 1 aliphatic rings. The first-order valence-electron chi connectivity index (χ1n) is 10.1. The van der Waals surface area contributed by atoms with Crippen LogP contribution in [0.25, 0.3) is 10.9 Å². The van der Waals surface area contributed by atoms with Crippen molar-refractivity contribution in [3.63, 3.8) is 0 Å². The Morgan fingerprint density at radius 3 is 2.75 bits per heavy atom. The molecule has 1 fully saturated rings. The van der Waals surface area contributed by atoms with Crippen LogP contribution in [0.15, 0.2) is 47.3 Å². The molecule has 0 saturated heterocycles. The molecule has 1 aliphatic carbocycles. The van der Waals surface area contributed by atoms with Crippen LogP contribution in [0.4, 0.5) is 5.69 Å². The molecule has 9 heteroatoms. The van der Waals surface area contributed by atoms with E-state index in [1.54, 1.807) is 22.8 Å². The molecule has 1 aromatic heterocycles. The molecular weight excluding hydrogens is 432 g/mol. The number of anilines is 1. The maximum atomic E-state index is 12.9. The zero-order valence-corrected chi connectivity index (χ0v) is 17.8. The minimum absolute atomic E-state index is 0.00647. The molecule has 0 bridgehead atoms. The normalized spacial score (nSPS) is 12.9. The van der Waals surface area contributed by atoms with Gasteiger partial charge in [-0.25, -0.2) is 4.98 Å². The SMILES string of the molecule is N#Cc1ccc(NC(=O)COC(=O)CCc2nc3ccccc3c(=O)n2C2CC2)cc1Cl. The number of rotatable bonds is 7. The summed E-state index contributed by atoms with van der Waals surface area (Å²) in [7, 11) is 0. The van der Waals surface area contributed by atoms with Crippen LogP contribution in [0.1, 0.15) is 36.7 Å². The van der Waals surface area contributed by atoms with E-state index >= 15 is 0 Å². The summed E-state index contributed by atoms with van der Waals surface area (Å²) < 4.78 is 6.73. The summed E-state index contributed by atoms with van der Waals surface area (Å²) >= 11 is 5.94. The Hall–Kier alpha value is -3.70. The lowest BCUT2D eigenvalue weighted by Crippen LogP contribution is -2.25. The van der Waals surface area contributed by atoms with Crippen molar-refractivity contribution in [2.75, 3.05) is 11.9 Å². The summed E-state index contributed by atoms with van der Waals surface area (Å²) in [6.07, 6.45) is 2.06. The topological polar surface area (TPSA) is 114 Å². The van der Waals surface area contributed by atoms with E-state index < -0.39 is 18.5 Å². The number of nitrogens with zero attached hydrogens (tertiary/aromatic N) is 3. The highest BCUT2D eigenvalue weighted by Crippen LogP contribution is 2.34. The fourth-order valence-electron chi connectivity index (χ4n) is 3.39. The Morgan fingerprint density at radius 2 is 2.03 bits per heavy atom. The molecule has 0 aliphatic heterocycles. The average Bonchev–Trinajstić information content (AvgIpc) is 3.61. The van der Waals surface area contributed by atoms with Crippen molar-refractivity contribution in [1.29, 1.82) is 5.26 Å². The van der Waals surface area contributed by atoms with Crippen LogP contribution in [0.2, 0.25) is 5.02 Å². The summed E-state index contributed by atoms with van der Waals surface area (Å²) in [5, 5.41) is 12.2. The number of carbonyl (C=O) groups is 2. The van der Waals surface area contributed by atoms with E-state index in [2.05, 4.69) is 10.3 Å². The van der Waals surface area contributed by atoms with Gasteiger partial charge in [0.1, 0.15) is 11.9 Å². The standard InChI is InChI=1S/C23H19ClN4O4/c24-18-11-15(6-5-14(18)12-25)26-21(29)13-32-22(30)10-9-20-27-19-4-2-1-3-17(19)23(31)28(20)16-7-8-16/h1-6,11,16H,7-10,13H2,(H,26,29). The van der Waals surface area contributed by atoms with Gasteiger partial charge in [-0.3, -0.25) is 19.0 Å². The molecule has 1 N–H and O–H groups in total. The van der Waals surface area contributed by atoms with Crippen LogP contribution in [-0.4, -0.2) is 28.0 Å². The first kappa shape index (κ1) is 21.5. The molecular formula is C23H19ClN4O4. The molecule has 1 heterocycles. The number of benzene rings is 2. The molecule has 0 radical (unpaired) electrons. The molecule has 1 saturated carbocycles. The number of hydrogen-bond acceptors (Lipinski definition) is 6. The van der Waals surface area contributed by atoms with Gasteiger partial charge in [-0.1, -0.05) is 23.7 Å². The zero-order chi connectivity index (χ0) is 22.7. The van der Waals surface area contributed by atoms with E-state index in [1.165, 1.54) is 18.2 Å². The largest absolute Gasteiger partial charge is 0.456 e. The van der Waals surface area contributed by atoms with Gasteiger partial charge in [0.2, 0.25) is 0 Å². The Labute approximate surface area is 188 Å². The number of ether oxygens (including phenoxy) is 1. The number of aromatic nitrogens is 2. The summed E-state index contributed by atoms with van der Waals surface area (Å²) in [6, 6.07) is 13.7. The van der Waals surface area contributed by atoms with Crippen LogP contribution in [0.5, 0.6) is 0 Å². The first-order chi connectivity index (χ1) is 15.5. The summed E-state index contributed by atoms with van der Waals surface area (Å²) in [4.78, 5) is 41.7. The Kier molecular flexibility index (Phi) is 6.19. The van der Waals surface area contributed by atoms with Gasteiger partial charge >= 0.3 is 5.97 Å². The molecule has 0 spiro atoms. The van der Waals surface area contributed by atoms with Crippen molar-refractivity contribution in [3.8, 4) is 6.07 Å². The van der Waals surface area contributed by atoms with Gasteiger partial charge in [0.05, 0.1) is 27.9 Å². The monoisotopic (exact) mass is 450 g/mol. The summed E-state index contributed by atoms with van der Waals surface area (Å²) in [5.74, 6) is -0.551. The van der Waals surface area contributed by atoms with Crippen LogP contribution in [0, 0.1) is 11.3 Å². The van der Waals surface area contributed by atoms with Crippen LogP contribution < -0.4 is 10.9 Å². The van der Waals surface area contributed by atoms with E-state index in [0.29, 0.717) is 28.0 Å². The lowest BCUT2D eigenvalue weighted by atomic mass is 10.2. The number of para-hydroxylation sites is 1. The number of nitrogens with one attached hydrogen (secondary N) is 1. The fourth-order valence-corrected chi connectivity index (χ4v) is 3.61. The second kappa shape index (κ2) is 9.20. The van der Waals surface area contributed by atoms with Gasteiger partial charge < -0.3 is 10.1 Å². The van der Waals surface area contributed by atoms with Gasteiger partial charge in [-0.2, -0.15) is 5.26 Å². The maximum absolute atomic E-state index is 12.9. The number of carbonyl (C=O) groups excluding carboxylic acids is 2. The number of nitriles is 1. The second-order valence-corrected chi connectivity index (χ2v) is 7.87. The lowest BCUT2D eigenvalue weighted by molar-refractivity contribution is -0.147. The Balaban J connectivity index is 1.35. The zero-order valence-electron chi connectivity index (χ0n) is 17.0. The number of fused-ring (bicyclic) bond motifs is 1. The quantitative estimate of drug-likeness (QED) is 0.552. The third-order valence-electron chi connectivity index (χ3n) is 5.08. The number of esters is 1. The predicted octanol–water partition coefficient (Wildman–Crippen LogP) is 3.37. The molecule has 2 aromatic carbocycles. The highest BCUT2D eigenvalue weighted by molar-refractivity contribution is 6.32. The Bertz CT molecular complexity index is 1310. The van der Waals surface area contributed by atoms with Gasteiger partial charge in [0.25, 0.3) is 11.5 Å². The van der Waals surface area contributed by atoms with E-state index in [0.717, 1.165) is 12.8 Å². The molecule has 162 valence electrons. The maximum Gasteiger partial charge on any atom is 0.306 e. The van der Waals surface area contributed by atoms with Crippen molar-refractivity contribution >= 4 is 40.1 Å². The lowest BCUT2D eigenvalue weighted by Gasteiger charge is -2.12. The van der Waals surface area contributed by atoms with Gasteiger partial charge in [-0.05, 0) is 43.2 Å². The van der Waals surface area contributed by atoms with Crippen molar-refractivity contribution < 1.29 is 14.3 Å². The number of aryl methyl sites for hydroxylation is 1. The summed E-state index contributed by atoms with van der Waals surface area (Å²) in [5.41, 5.74) is 1.19. The molecule has 3 aromatic rings. The van der Waals surface area contributed by atoms with Crippen LogP contribution in [-0.2, 0) is 20.7 Å². The third kappa shape index (κ3) is 4.79. The van der Waals surface area contributed by atoms with Crippen LogP contribution >= 0.6 is 11.6 Å². The van der Waals surface area contributed by atoms with Gasteiger partial charge in [0, 0.05) is 18.2 Å². The van der Waals surface area contributed by atoms with Crippen molar-refractivity contribution in [2.45, 2.75) is 31.7 Å². The number of halogens is 1. The average molecular weight is 451 g/mol. The minimum Gasteiger partial charge on any atom is -0.456 e. The molecule has 32 heavy (non-hydrogen) atoms. The van der Waals surface area contributed by atoms with E-state index in [1.807, 2.05) is 12.1 Å². The highest BCUT2D eigenvalue weighted by atomic mass is 35.5. The minimum atomic E-state index is -0.567. The molecule has 0 atom stereocenters. The summed E-state index contributed by atoms with van der Waals surface area (Å²) in [6.45, 7) is -0.461. The first-order valence-corrected chi connectivity index (χ1v) is 10.5. The van der Waals surface area contributed by atoms with Crippen molar-refractivity contribution in [3.05, 3.63) is 69.2 Å². The fraction of sp³-hybridized carbons (Fsp3) is 0.261. The van der Waals surface area contributed by atoms with Crippen molar-refractivity contribution in [1.82, 2.24) is 9.55 Å². The highest BCUT2D eigenvalue weighted by Gasteiger charge is 2.28. The predicted molar refractivity (Wildman–Crippen MR) is 118 cm³/mol. The van der Waals surface area contributed by atoms with E-state index in [-0.39, 0.29) is 29.5 Å². The smallest absolute Gasteiger partial charge is 0.306 e. The van der Waals surface area contributed by atoms with Crippen LogP contribution in [0.3, 0.4) is 0 Å². The molecule has 4 rings (SSSR count). The van der Waals surface area contributed by atoms with Gasteiger partial charge in [0.15, 0.2) is 6.61 Å².